The van der Waals surface area contributed by atoms with Crippen LogP contribution in [0.4, 0.5) is 0 Å². The summed E-state index contributed by atoms with van der Waals surface area (Å²) in [6, 6.07) is 0. The molecule has 4 heteroatoms. The van der Waals surface area contributed by atoms with Gasteiger partial charge >= 0.3 is 0 Å². The molecule has 3 atom stereocenters. The minimum atomic E-state index is -0.562. The second-order valence-corrected chi connectivity index (χ2v) is 6.19. The molecule has 106 valence electrons. The molecule has 1 aliphatic heterocycles. The molecular weight excluding hydrogens is 244 g/mol. The van der Waals surface area contributed by atoms with Crippen LogP contribution in [0.15, 0.2) is 23.8 Å². The number of allylic oxidation sites excluding steroid dienone is 1. The van der Waals surface area contributed by atoms with E-state index in [4.69, 9.17) is 14.9 Å². The first kappa shape index (κ1) is 14.4. The first-order chi connectivity index (χ1) is 8.81. The van der Waals surface area contributed by atoms with Crippen molar-refractivity contribution in [3.8, 4) is 0 Å². The van der Waals surface area contributed by atoms with E-state index in [0.717, 1.165) is 5.57 Å². The Kier molecular flexibility index (Phi) is 3.69. The fourth-order valence-corrected chi connectivity index (χ4v) is 3.03. The Bertz CT molecular complexity index is 435. The zero-order valence-corrected chi connectivity index (χ0v) is 12.0. The van der Waals surface area contributed by atoms with Crippen molar-refractivity contribution in [3.05, 3.63) is 23.8 Å². The topological polar surface area (TPSA) is 55.8 Å². The zero-order valence-electron chi connectivity index (χ0n) is 12.0. The van der Waals surface area contributed by atoms with E-state index in [-0.39, 0.29) is 24.4 Å². The van der Waals surface area contributed by atoms with E-state index in [9.17, 15) is 4.79 Å². The Morgan fingerprint density at radius 2 is 2.21 bits per heavy atom. The van der Waals surface area contributed by atoms with Crippen LogP contribution >= 0.6 is 0 Å². The minimum Gasteiger partial charge on any atom is -0.392 e. The lowest BCUT2D eigenvalue weighted by atomic mass is 9.62. The average molecular weight is 266 g/mol. The number of rotatable bonds is 2. The molecule has 0 aromatic carbocycles. The fourth-order valence-electron chi connectivity index (χ4n) is 3.03. The first-order valence-electron chi connectivity index (χ1n) is 6.67. The molecule has 2 aliphatic rings. The van der Waals surface area contributed by atoms with Crippen molar-refractivity contribution in [1.29, 1.82) is 0 Å². The maximum atomic E-state index is 12.1. The number of hydrogen-bond acceptors (Lipinski definition) is 4. The second-order valence-electron chi connectivity index (χ2n) is 6.19. The maximum Gasteiger partial charge on any atom is 0.161 e. The number of aliphatic hydroxyl groups is 1. The summed E-state index contributed by atoms with van der Waals surface area (Å²) < 4.78 is 0. The van der Waals surface area contributed by atoms with Crippen LogP contribution in [0.3, 0.4) is 0 Å². The van der Waals surface area contributed by atoms with Gasteiger partial charge < -0.3 is 5.11 Å². The van der Waals surface area contributed by atoms with Crippen molar-refractivity contribution >= 4 is 5.78 Å². The van der Waals surface area contributed by atoms with E-state index in [1.54, 1.807) is 18.2 Å². The van der Waals surface area contributed by atoms with Gasteiger partial charge in [-0.05, 0) is 38.0 Å². The predicted molar refractivity (Wildman–Crippen MR) is 71.2 cm³/mol. The molecule has 19 heavy (non-hydrogen) atoms. The van der Waals surface area contributed by atoms with Crippen molar-refractivity contribution < 1.29 is 19.7 Å². The van der Waals surface area contributed by atoms with Gasteiger partial charge in [-0.25, -0.2) is 9.78 Å². The van der Waals surface area contributed by atoms with E-state index in [1.165, 1.54) is 0 Å². The van der Waals surface area contributed by atoms with Crippen LogP contribution in [-0.2, 0) is 14.6 Å². The zero-order chi connectivity index (χ0) is 14.3. The Morgan fingerprint density at radius 1 is 1.53 bits per heavy atom. The van der Waals surface area contributed by atoms with Gasteiger partial charge in [0.15, 0.2) is 5.78 Å². The summed E-state index contributed by atoms with van der Waals surface area (Å²) in [5.41, 5.74) is -0.0966. The van der Waals surface area contributed by atoms with Crippen LogP contribution in [0, 0.1) is 11.3 Å². The largest absolute Gasteiger partial charge is 0.392 e. The smallest absolute Gasteiger partial charge is 0.161 e. The summed E-state index contributed by atoms with van der Waals surface area (Å²) in [7, 11) is 0. The first-order valence-corrected chi connectivity index (χ1v) is 6.67. The molecule has 2 rings (SSSR count). The lowest BCUT2D eigenvalue weighted by Crippen LogP contribution is -2.55. The molecule has 0 aromatic heterocycles. The van der Waals surface area contributed by atoms with Gasteiger partial charge in [-0.2, -0.15) is 0 Å². The second kappa shape index (κ2) is 4.85. The molecular formula is C15H22O4. The highest BCUT2D eigenvalue weighted by Gasteiger charge is 2.53. The molecule has 1 N–H and O–H groups in total. The third-order valence-electron chi connectivity index (χ3n) is 4.48. The van der Waals surface area contributed by atoms with E-state index in [1.807, 2.05) is 27.7 Å². The lowest BCUT2D eigenvalue weighted by Gasteiger charge is -2.49. The standard InChI is InChI=1S/C15H22O4/c1-10(6-8-16)11-9-12-14(2,3)13(17)5-7-15(12,4)19-18-11/h5-7,11-12,16H,8-9H2,1-4H3/b10-6+/t11-,12+,15+/m1/s1. The van der Waals surface area contributed by atoms with Crippen LogP contribution in [0.2, 0.25) is 0 Å². The number of ketones is 1. The highest BCUT2D eigenvalue weighted by Crippen LogP contribution is 2.48. The van der Waals surface area contributed by atoms with Gasteiger partial charge in [-0.3, -0.25) is 4.79 Å². The number of aliphatic hydroxyl groups excluding tert-OH is 1. The van der Waals surface area contributed by atoms with Crippen LogP contribution in [0.1, 0.15) is 34.1 Å². The normalized spacial score (nSPS) is 38.2. The van der Waals surface area contributed by atoms with E-state index < -0.39 is 11.0 Å². The minimum absolute atomic E-state index is 0.0180. The fraction of sp³-hybridized carbons (Fsp3) is 0.667. The SMILES string of the molecule is C/C(=C\CO)[C@H]1C[C@H]2C(C)(C)C(=O)C=C[C@]2(C)OO1. The van der Waals surface area contributed by atoms with Gasteiger partial charge in [0.05, 0.1) is 6.61 Å². The Labute approximate surface area is 114 Å². The Morgan fingerprint density at radius 3 is 2.84 bits per heavy atom. The Balaban J connectivity index is 2.29. The van der Waals surface area contributed by atoms with Gasteiger partial charge in [-0.1, -0.05) is 19.9 Å². The van der Waals surface area contributed by atoms with Crippen LogP contribution in [0.5, 0.6) is 0 Å². The summed E-state index contributed by atoms with van der Waals surface area (Å²) in [5.74, 6) is 0.182. The van der Waals surface area contributed by atoms with Gasteiger partial charge in [0, 0.05) is 11.3 Å². The number of hydrogen-bond donors (Lipinski definition) is 1. The number of carbonyl (C=O) groups is 1. The molecule has 0 saturated carbocycles. The van der Waals surface area contributed by atoms with Crippen LogP contribution in [0.25, 0.3) is 0 Å². The van der Waals surface area contributed by atoms with E-state index in [0.29, 0.717) is 6.42 Å². The van der Waals surface area contributed by atoms with Crippen molar-refractivity contribution in [2.75, 3.05) is 6.61 Å². The lowest BCUT2D eigenvalue weighted by molar-refractivity contribution is -0.406. The van der Waals surface area contributed by atoms with Gasteiger partial charge in [0.1, 0.15) is 11.7 Å². The molecule has 0 spiro atoms. The van der Waals surface area contributed by atoms with Crippen LogP contribution in [-0.4, -0.2) is 29.2 Å². The van der Waals surface area contributed by atoms with Gasteiger partial charge in [0.2, 0.25) is 0 Å². The van der Waals surface area contributed by atoms with Crippen molar-refractivity contribution in [3.63, 3.8) is 0 Å². The molecule has 1 aliphatic carbocycles. The monoisotopic (exact) mass is 266 g/mol. The van der Waals surface area contributed by atoms with Gasteiger partial charge in [-0.15, -0.1) is 0 Å². The van der Waals surface area contributed by atoms with Crippen molar-refractivity contribution in [1.82, 2.24) is 0 Å². The quantitative estimate of drug-likeness (QED) is 0.615. The molecule has 1 heterocycles. The molecule has 1 fully saturated rings. The molecule has 0 radical (unpaired) electrons. The molecule has 4 nitrogen and oxygen atoms in total. The maximum absolute atomic E-state index is 12.1. The number of fused-ring (bicyclic) bond motifs is 1. The third kappa shape index (κ3) is 2.40. The summed E-state index contributed by atoms with van der Waals surface area (Å²) >= 11 is 0. The average Bonchev–Trinajstić information content (AvgIpc) is 2.35. The molecule has 0 amide bonds. The molecule has 0 aromatic rings. The molecule has 1 saturated heterocycles. The van der Waals surface area contributed by atoms with Crippen LogP contribution < -0.4 is 0 Å². The Hall–Kier alpha value is -0.970. The van der Waals surface area contributed by atoms with Gasteiger partial charge in [0.25, 0.3) is 0 Å². The van der Waals surface area contributed by atoms with E-state index in [2.05, 4.69) is 0 Å². The molecule has 0 bridgehead atoms. The van der Waals surface area contributed by atoms with E-state index >= 15 is 0 Å². The number of carbonyl (C=O) groups excluding carboxylic acids is 1. The third-order valence-corrected chi connectivity index (χ3v) is 4.48. The van der Waals surface area contributed by atoms with Crippen molar-refractivity contribution in [2.45, 2.75) is 45.8 Å². The summed E-state index contributed by atoms with van der Waals surface area (Å²) in [6.07, 6.45) is 5.61. The summed E-state index contributed by atoms with van der Waals surface area (Å²) in [6.45, 7) is 7.75. The highest BCUT2D eigenvalue weighted by atomic mass is 17.2. The van der Waals surface area contributed by atoms with Crippen molar-refractivity contribution in [2.24, 2.45) is 11.3 Å². The summed E-state index contributed by atoms with van der Waals surface area (Å²) in [5, 5.41) is 8.96. The molecule has 0 unspecified atom stereocenters. The summed E-state index contributed by atoms with van der Waals surface area (Å²) in [4.78, 5) is 23.1. The highest BCUT2D eigenvalue weighted by molar-refractivity contribution is 5.95. The predicted octanol–water partition coefficient (Wildman–Crippen LogP) is 2.19.